The molecule has 0 aromatic heterocycles. The van der Waals surface area contributed by atoms with E-state index in [2.05, 4.69) is 10.3 Å². The molecule has 2 N–H and O–H groups in total. The Hall–Kier alpha value is -1.03. The highest BCUT2D eigenvalue weighted by atomic mass is 33.1. The second-order valence-electron chi connectivity index (χ2n) is 4.06. The van der Waals surface area contributed by atoms with Crippen LogP contribution in [0.25, 0.3) is 0 Å². The molecule has 2 unspecified atom stereocenters. The first-order valence-corrected chi connectivity index (χ1v) is 9.33. The van der Waals surface area contributed by atoms with Crippen molar-refractivity contribution in [3.63, 3.8) is 0 Å². The molecule has 1 amide bonds. The minimum atomic E-state index is -4.24. The molecule has 0 fully saturated rings. The van der Waals surface area contributed by atoms with Crippen LogP contribution in [0.1, 0.15) is 18.4 Å². The Morgan fingerprint density at radius 2 is 2.05 bits per heavy atom. The number of aliphatic imine (C=N–C) groups is 1. The molecule has 0 radical (unpaired) electrons. The van der Waals surface area contributed by atoms with Crippen molar-refractivity contribution in [2.45, 2.75) is 17.5 Å². The fraction of sp³-hybridized carbons (Fsp3) is 0.273. The second kappa shape index (κ2) is 6.17. The maximum Gasteiger partial charge on any atom is 0.299 e. The molecule has 0 aliphatic carbocycles. The van der Waals surface area contributed by atoms with Crippen LogP contribution in [-0.4, -0.2) is 28.8 Å². The zero-order valence-corrected chi connectivity index (χ0v) is 12.8. The summed E-state index contributed by atoms with van der Waals surface area (Å²) in [5.41, 5.74) is 0.854. The lowest BCUT2D eigenvalue weighted by atomic mass is 10.0. The fourth-order valence-corrected chi connectivity index (χ4v) is 5.03. The van der Waals surface area contributed by atoms with Gasteiger partial charge >= 0.3 is 0 Å². The Balaban J connectivity index is 2.03. The van der Waals surface area contributed by atoms with E-state index in [4.69, 9.17) is 4.55 Å². The third kappa shape index (κ3) is 3.75. The van der Waals surface area contributed by atoms with Crippen LogP contribution in [0.5, 0.6) is 0 Å². The minimum Gasteiger partial charge on any atom is -0.304 e. The standard InChI is InChI=1S/C11H12N2O4S3/c1-7(8-5-3-2-4-6-8)9(14)12-10-13-11(19-18-10)20(15,16)17/h2-7,11H,1H3,(H,12,13,14)(H,15,16,17). The topological polar surface area (TPSA) is 95.8 Å². The van der Waals surface area contributed by atoms with Gasteiger partial charge in [0, 0.05) is 0 Å². The maximum atomic E-state index is 12.0. The number of hydrogen-bond donors (Lipinski definition) is 2. The number of carbonyl (C=O) groups is 1. The van der Waals surface area contributed by atoms with Crippen molar-refractivity contribution in [1.82, 2.24) is 5.32 Å². The number of amidine groups is 1. The van der Waals surface area contributed by atoms with Gasteiger partial charge in [-0.2, -0.15) is 8.42 Å². The Bertz CT molecular complexity index is 630. The summed E-state index contributed by atoms with van der Waals surface area (Å²) in [6.07, 6.45) is 0. The third-order valence-corrected chi connectivity index (χ3v) is 6.65. The number of nitrogens with zero attached hydrogens (tertiary/aromatic N) is 1. The van der Waals surface area contributed by atoms with Crippen LogP contribution in [0.2, 0.25) is 0 Å². The van der Waals surface area contributed by atoms with Gasteiger partial charge in [0.05, 0.1) is 5.92 Å². The summed E-state index contributed by atoms with van der Waals surface area (Å²) >= 11 is 0. The van der Waals surface area contributed by atoms with Gasteiger partial charge in [0.2, 0.25) is 10.6 Å². The van der Waals surface area contributed by atoms with Gasteiger partial charge in [0.1, 0.15) is 0 Å². The summed E-state index contributed by atoms with van der Waals surface area (Å²) in [4.78, 5) is 15.8. The summed E-state index contributed by atoms with van der Waals surface area (Å²) in [7, 11) is -2.36. The lowest BCUT2D eigenvalue weighted by Gasteiger charge is -2.11. The van der Waals surface area contributed by atoms with E-state index in [-0.39, 0.29) is 17.0 Å². The SMILES string of the molecule is CC(C(=O)NC1=NC(S(=O)(=O)O)SS1)c1ccccc1. The van der Waals surface area contributed by atoms with Gasteiger partial charge in [0.25, 0.3) is 10.1 Å². The van der Waals surface area contributed by atoms with Gasteiger partial charge in [-0.25, -0.2) is 4.99 Å². The van der Waals surface area contributed by atoms with Crippen molar-refractivity contribution in [2.24, 2.45) is 4.99 Å². The predicted octanol–water partition coefficient (Wildman–Crippen LogP) is 1.83. The van der Waals surface area contributed by atoms with Crippen LogP contribution >= 0.6 is 21.6 Å². The molecule has 108 valence electrons. The smallest absolute Gasteiger partial charge is 0.299 e. The molecule has 6 nitrogen and oxygen atoms in total. The monoisotopic (exact) mass is 332 g/mol. The lowest BCUT2D eigenvalue weighted by Crippen LogP contribution is -2.31. The molecule has 1 aliphatic heterocycles. The zero-order valence-electron chi connectivity index (χ0n) is 10.4. The van der Waals surface area contributed by atoms with E-state index in [0.717, 1.165) is 27.2 Å². The van der Waals surface area contributed by atoms with Crippen LogP contribution in [0, 0.1) is 0 Å². The fourth-order valence-electron chi connectivity index (χ4n) is 1.50. The molecule has 0 saturated heterocycles. The first-order chi connectivity index (χ1) is 9.38. The van der Waals surface area contributed by atoms with Crippen molar-refractivity contribution in [2.75, 3.05) is 0 Å². The van der Waals surface area contributed by atoms with E-state index in [1.54, 1.807) is 6.92 Å². The zero-order chi connectivity index (χ0) is 14.8. The molecule has 9 heteroatoms. The van der Waals surface area contributed by atoms with Crippen LogP contribution in [-0.2, 0) is 14.9 Å². The highest BCUT2D eigenvalue weighted by molar-refractivity contribution is 8.84. The van der Waals surface area contributed by atoms with Crippen molar-refractivity contribution in [3.05, 3.63) is 35.9 Å². The number of rotatable bonds is 3. The third-order valence-electron chi connectivity index (χ3n) is 2.61. The van der Waals surface area contributed by atoms with Gasteiger partial charge in [-0.15, -0.1) is 0 Å². The second-order valence-corrected chi connectivity index (χ2v) is 8.10. The molecule has 1 heterocycles. The van der Waals surface area contributed by atoms with Crippen molar-refractivity contribution in [3.8, 4) is 0 Å². The van der Waals surface area contributed by atoms with E-state index in [0.29, 0.717) is 0 Å². The molecule has 0 saturated carbocycles. The van der Waals surface area contributed by atoms with Crippen LogP contribution in [0.15, 0.2) is 35.3 Å². The predicted molar refractivity (Wildman–Crippen MR) is 81.0 cm³/mol. The Labute approximate surface area is 124 Å². The molecular weight excluding hydrogens is 320 g/mol. The largest absolute Gasteiger partial charge is 0.304 e. The van der Waals surface area contributed by atoms with Gasteiger partial charge in [-0.3, -0.25) is 9.35 Å². The van der Waals surface area contributed by atoms with Crippen LogP contribution in [0.3, 0.4) is 0 Å². The molecule has 0 bridgehead atoms. The number of nitrogens with one attached hydrogen (secondary N) is 1. The van der Waals surface area contributed by atoms with E-state index in [1.165, 1.54) is 0 Å². The molecule has 1 aromatic rings. The summed E-state index contributed by atoms with van der Waals surface area (Å²) in [6, 6.07) is 9.21. The molecular formula is C11H12N2O4S3. The van der Waals surface area contributed by atoms with Gasteiger partial charge < -0.3 is 5.32 Å². The number of carbonyl (C=O) groups excluding carboxylic acids is 1. The number of hydrogen-bond acceptors (Lipinski definition) is 6. The van der Waals surface area contributed by atoms with Crippen LogP contribution < -0.4 is 5.32 Å². The molecule has 20 heavy (non-hydrogen) atoms. The molecule has 2 rings (SSSR count). The van der Waals surface area contributed by atoms with E-state index in [9.17, 15) is 13.2 Å². The minimum absolute atomic E-state index is 0.186. The summed E-state index contributed by atoms with van der Waals surface area (Å²) in [5.74, 6) is -0.659. The highest BCUT2D eigenvalue weighted by Gasteiger charge is 2.31. The summed E-state index contributed by atoms with van der Waals surface area (Å²) < 4.78 is 29.4. The summed E-state index contributed by atoms with van der Waals surface area (Å²) in [6.45, 7) is 1.75. The number of amides is 1. The molecule has 2 atom stereocenters. The normalized spacial score (nSPS) is 20.3. The average Bonchev–Trinajstić information content (AvgIpc) is 2.87. The first kappa shape index (κ1) is 15.4. The average molecular weight is 332 g/mol. The number of benzene rings is 1. The van der Waals surface area contributed by atoms with Crippen molar-refractivity contribution in [1.29, 1.82) is 0 Å². The first-order valence-electron chi connectivity index (χ1n) is 5.61. The van der Waals surface area contributed by atoms with Gasteiger partial charge in [0.15, 0.2) is 5.17 Å². The molecule has 1 aromatic carbocycles. The molecule has 1 aliphatic rings. The Morgan fingerprint density at radius 3 is 2.60 bits per heavy atom. The van der Waals surface area contributed by atoms with Gasteiger partial charge in [-0.05, 0) is 34.1 Å². The lowest BCUT2D eigenvalue weighted by molar-refractivity contribution is -0.120. The van der Waals surface area contributed by atoms with Gasteiger partial charge in [-0.1, -0.05) is 30.3 Å². The van der Waals surface area contributed by atoms with Crippen LogP contribution in [0.4, 0.5) is 0 Å². The Kier molecular flexibility index (Phi) is 4.74. The summed E-state index contributed by atoms with van der Waals surface area (Å²) in [5, 5.41) is 2.74. The Morgan fingerprint density at radius 1 is 1.40 bits per heavy atom. The quantitative estimate of drug-likeness (QED) is 0.647. The molecule has 0 spiro atoms. The highest BCUT2D eigenvalue weighted by Crippen LogP contribution is 2.37. The van der Waals surface area contributed by atoms with Crippen molar-refractivity contribution >= 4 is 42.8 Å². The van der Waals surface area contributed by atoms with E-state index in [1.807, 2.05) is 30.3 Å². The van der Waals surface area contributed by atoms with E-state index >= 15 is 0 Å². The van der Waals surface area contributed by atoms with Crippen molar-refractivity contribution < 1.29 is 17.8 Å². The maximum absolute atomic E-state index is 12.0. The van der Waals surface area contributed by atoms with E-state index < -0.39 is 14.8 Å².